The van der Waals surface area contributed by atoms with Gasteiger partial charge in [-0.3, -0.25) is 10.1 Å². The van der Waals surface area contributed by atoms with Crippen LogP contribution >= 0.6 is 0 Å². The highest BCUT2D eigenvalue weighted by Gasteiger charge is 2.45. The quantitative estimate of drug-likeness (QED) is 0.666. The van der Waals surface area contributed by atoms with Gasteiger partial charge in [-0.15, -0.1) is 0 Å². The van der Waals surface area contributed by atoms with Gasteiger partial charge >= 0.3 is 6.18 Å². The van der Waals surface area contributed by atoms with E-state index in [4.69, 9.17) is 0 Å². The summed E-state index contributed by atoms with van der Waals surface area (Å²) in [7, 11) is 1.40. The molecule has 0 amide bonds. The average molecular weight is 340 g/mol. The van der Waals surface area contributed by atoms with Crippen LogP contribution in [0.4, 0.5) is 24.5 Å². The molecule has 0 fully saturated rings. The first-order valence-electron chi connectivity index (χ1n) is 6.99. The predicted octanol–water partition coefficient (Wildman–Crippen LogP) is 3.70. The first kappa shape index (κ1) is 17.7. The topological polar surface area (TPSA) is 66.6 Å². The fraction of sp³-hybridized carbons (Fsp3) is 0.250. The number of likely N-dealkylation sites (N-methyl/N-ethyl adjacent to an activating group) is 1. The second kappa shape index (κ2) is 6.88. The Morgan fingerprint density at radius 1 is 1.08 bits per heavy atom. The third kappa shape index (κ3) is 3.83. The number of anilines is 1. The maximum absolute atomic E-state index is 13.1. The summed E-state index contributed by atoms with van der Waals surface area (Å²) >= 11 is 0. The number of rotatable bonds is 5. The molecule has 2 unspecified atom stereocenters. The number of benzene rings is 2. The van der Waals surface area contributed by atoms with Crippen LogP contribution in [-0.2, 0) is 0 Å². The van der Waals surface area contributed by atoms with Gasteiger partial charge in [0.25, 0.3) is 5.69 Å². The Kier molecular flexibility index (Phi) is 5.08. The molecule has 1 N–H and O–H groups in total. The van der Waals surface area contributed by atoms with Crippen LogP contribution in [0.25, 0.3) is 0 Å². The standard InChI is InChI=1S/C16H15F3N2O3/c1-20(12-7-9-13(10-8-12)21(23)24)14(15(22)16(17,18)19)11-5-3-2-4-6-11/h2-10,14-15,22H,1H3. The number of aliphatic hydroxyl groups is 1. The van der Waals surface area contributed by atoms with Crippen molar-refractivity contribution < 1.29 is 23.2 Å². The van der Waals surface area contributed by atoms with Gasteiger partial charge in [-0.05, 0) is 17.7 Å². The Hall–Kier alpha value is -2.61. The maximum Gasteiger partial charge on any atom is 0.416 e. The number of aliphatic hydroxyl groups excluding tert-OH is 1. The fourth-order valence-corrected chi connectivity index (χ4v) is 2.42. The molecule has 5 nitrogen and oxygen atoms in total. The Balaban J connectivity index is 2.41. The first-order chi connectivity index (χ1) is 11.2. The van der Waals surface area contributed by atoms with Gasteiger partial charge in [-0.2, -0.15) is 13.2 Å². The van der Waals surface area contributed by atoms with Crippen molar-refractivity contribution in [2.45, 2.75) is 18.3 Å². The van der Waals surface area contributed by atoms with Crippen molar-refractivity contribution in [2.24, 2.45) is 0 Å². The number of nitro groups is 1. The van der Waals surface area contributed by atoms with Crippen molar-refractivity contribution in [3.8, 4) is 0 Å². The van der Waals surface area contributed by atoms with Crippen LogP contribution in [0.1, 0.15) is 11.6 Å². The van der Waals surface area contributed by atoms with Crippen LogP contribution in [0.15, 0.2) is 54.6 Å². The SMILES string of the molecule is CN(c1ccc([N+](=O)[O-])cc1)C(c1ccccc1)C(O)C(F)(F)F. The van der Waals surface area contributed by atoms with Crippen molar-refractivity contribution in [1.82, 2.24) is 0 Å². The third-order valence-corrected chi connectivity index (χ3v) is 3.66. The van der Waals surface area contributed by atoms with E-state index in [1.807, 2.05) is 0 Å². The number of alkyl halides is 3. The van der Waals surface area contributed by atoms with E-state index >= 15 is 0 Å². The van der Waals surface area contributed by atoms with E-state index in [0.717, 1.165) is 0 Å². The second-order valence-corrected chi connectivity index (χ2v) is 5.23. The van der Waals surface area contributed by atoms with Crippen molar-refractivity contribution in [3.63, 3.8) is 0 Å². The summed E-state index contributed by atoms with van der Waals surface area (Å²) in [5, 5.41) is 20.5. The highest BCUT2D eigenvalue weighted by molar-refractivity contribution is 5.52. The van der Waals surface area contributed by atoms with Crippen LogP contribution in [0.3, 0.4) is 0 Å². The zero-order valence-electron chi connectivity index (χ0n) is 12.6. The lowest BCUT2D eigenvalue weighted by molar-refractivity contribution is -0.384. The normalized spacial score (nSPS) is 14.0. The molecule has 2 atom stereocenters. The molecule has 0 radical (unpaired) electrons. The summed E-state index contributed by atoms with van der Waals surface area (Å²) in [6.45, 7) is 0. The zero-order chi connectivity index (χ0) is 17.9. The molecule has 8 heteroatoms. The van der Waals surface area contributed by atoms with E-state index in [1.165, 1.54) is 48.3 Å². The number of hydrogen-bond acceptors (Lipinski definition) is 4. The number of hydrogen-bond donors (Lipinski definition) is 1. The molecule has 0 aliphatic rings. The number of non-ortho nitro benzene ring substituents is 1. The molecule has 0 saturated heterocycles. The lowest BCUT2D eigenvalue weighted by Gasteiger charge is -2.34. The summed E-state index contributed by atoms with van der Waals surface area (Å²) in [4.78, 5) is 11.3. The zero-order valence-corrected chi connectivity index (χ0v) is 12.6. The summed E-state index contributed by atoms with van der Waals surface area (Å²) in [6.07, 6.45) is -7.42. The summed E-state index contributed by atoms with van der Waals surface area (Å²) in [6, 6.07) is 11.5. The molecular weight excluding hydrogens is 325 g/mol. The number of nitrogens with zero attached hydrogens (tertiary/aromatic N) is 2. The van der Waals surface area contributed by atoms with E-state index in [9.17, 15) is 28.4 Å². The van der Waals surface area contributed by atoms with E-state index < -0.39 is 23.2 Å². The second-order valence-electron chi connectivity index (χ2n) is 5.23. The molecule has 2 rings (SSSR count). The average Bonchev–Trinajstić information content (AvgIpc) is 2.55. The molecule has 0 bridgehead atoms. The van der Waals surface area contributed by atoms with E-state index in [-0.39, 0.29) is 11.3 Å². The molecule has 128 valence electrons. The Morgan fingerprint density at radius 3 is 2.08 bits per heavy atom. The summed E-state index contributed by atoms with van der Waals surface area (Å²) < 4.78 is 39.2. The van der Waals surface area contributed by atoms with Crippen LogP contribution < -0.4 is 4.90 Å². The monoisotopic (exact) mass is 340 g/mol. The van der Waals surface area contributed by atoms with E-state index in [1.54, 1.807) is 18.2 Å². The van der Waals surface area contributed by atoms with Gasteiger partial charge in [0.05, 0.1) is 11.0 Å². The molecule has 0 saturated carbocycles. The molecule has 2 aromatic rings. The van der Waals surface area contributed by atoms with Crippen molar-refractivity contribution in [1.29, 1.82) is 0 Å². The van der Waals surface area contributed by atoms with Crippen molar-refractivity contribution in [2.75, 3.05) is 11.9 Å². The highest BCUT2D eigenvalue weighted by atomic mass is 19.4. The molecule has 2 aromatic carbocycles. The van der Waals surface area contributed by atoms with Crippen LogP contribution in [0.2, 0.25) is 0 Å². The minimum atomic E-state index is -4.81. The van der Waals surface area contributed by atoms with Gasteiger partial charge in [0.1, 0.15) is 0 Å². The Bertz CT molecular complexity index is 690. The Labute approximate surface area is 136 Å². The lowest BCUT2D eigenvalue weighted by Crippen LogP contribution is -2.42. The number of nitro benzene ring substituents is 1. The minimum Gasteiger partial charge on any atom is -0.381 e. The van der Waals surface area contributed by atoms with Crippen LogP contribution in [0.5, 0.6) is 0 Å². The fourth-order valence-electron chi connectivity index (χ4n) is 2.42. The van der Waals surface area contributed by atoms with Crippen LogP contribution in [0, 0.1) is 10.1 Å². The van der Waals surface area contributed by atoms with Crippen molar-refractivity contribution in [3.05, 3.63) is 70.3 Å². The number of halogens is 3. The largest absolute Gasteiger partial charge is 0.416 e. The molecule has 24 heavy (non-hydrogen) atoms. The van der Waals surface area contributed by atoms with Gasteiger partial charge in [-0.25, -0.2) is 0 Å². The minimum absolute atomic E-state index is 0.167. The molecule has 0 aliphatic carbocycles. The van der Waals surface area contributed by atoms with Gasteiger partial charge in [-0.1, -0.05) is 30.3 Å². The van der Waals surface area contributed by atoms with Gasteiger partial charge < -0.3 is 10.0 Å². The lowest BCUT2D eigenvalue weighted by atomic mass is 9.99. The first-order valence-corrected chi connectivity index (χ1v) is 6.99. The van der Waals surface area contributed by atoms with E-state index in [2.05, 4.69) is 0 Å². The smallest absolute Gasteiger partial charge is 0.381 e. The highest BCUT2D eigenvalue weighted by Crippen LogP contribution is 2.36. The maximum atomic E-state index is 13.1. The summed E-state index contributed by atoms with van der Waals surface area (Å²) in [5.74, 6) is 0. The van der Waals surface area contributed by atoms with Crippen molar-refractivity contribution >= 4 is 11.4 Å². The molecule has 0 spiro atoms. The van der Waals surface area contributed by atoms with Gasteiger partial charge in [0.15, 0.2) is 6.10 Å². The van der Waals surface area contributed by atoms with E-state index in [0.29, 0.717) is 5.69 Å². The van der Waals surface area contributed by atoms with Gasteiger partial charge in [0, 0.05) is 24.9 Å². The molecular formula is C16H15F3N2O3. The molecule has 0 aromatic heterocycles. The molecule has 0 heterocycles. The summed E-state index contributed by atoms with van der Waals surface area (Å²) in [5.41, 5.74) is 0.431. The van der Waals surface area contributed by atoms with Gasteiger partial charge in [0.2, 0.25) is 0 Å². The predicted molar refractivity (Wildman–Crippen MR) is 82.7 cm³/mol. The molecule has 0 aliphatic heterocycles. The van der Waals surface area contributed by atoms with Crippen LogP contribution in [-0.4, -0.2) is 29.4 Å². The Morgan fingerprint density at radius 2 is 1.62 bits per heavy atom. The third-order valence-electron chi connectivity index (χ3n) is 3.66.